The predicted molar refractivity (Wildman–Crippen MR) is 367 cm³/mol. The first-order valence-electron chi connectivity index (χ1n) is 31.0. The number of rotatable bonds is 9. The second-order valence-corrected chi connectivity index (χ2v) is 29.6. The number of benzene rings is 12. The molecule has 2 saturated carbocycles. The Balaban J connectivity index is 0.935. The highest BCUT2D eigenvalue weighted by Gasteiger charge is 2.46. The molecule has 86 heavy (non-hydrogen) atoms. The van der Waals surface area contributed by atoms with Crippen molar-refractivity contribution in [1.29, 1.82) is 0 Å². The van der Waals surface area contributed by atoms with Crippen LogP contribution in [0.25, 0.3) is 55.6 Å². The van der Waals surface area contributed by atoms with Crippen LogP contribution in [0.3, 0.4) is 0 Å². The molecule has 3 atom stereocenters. The standard InChI is InChI=1S/C81H64BN3Si/c1-86(2)79-34-19-18-31-74(79)83(75-41-38-62(52-80(75)86)70-44-54-35-36-61(70)43-54)67-39-42-73-72(53-67)82-71-40-37-60(55-21-8-3-9-22-55)51-78(71)85(69-49-65(58-27-14-6-15-28-58)46-66(50-69)59-29-16-7-17-30-59)77-33-20-32-76(81(77)82)84(73)68-47-63(56-23-10-4-11-24-56)45-64(48-68)57-25-12-5-13-26-57/h3-34,37-42,45-54,61,70H,35-36,43-44H2,1-2H3. The van der Waals surface area contributed by atoms with Crippen LogP contribution < -0.4 is 41.5 Å². The number of para-hydroxylation sites is 1. The molecule has 5 heteroatoms. The number of hydrogen-bond acceptors (Lipinski definition) is 3. The Labute approximate surface area is 507 Å². The lowest BCUT2D eigenvalue weighted by Gasteiger charge is -2.45. The minimum Gasteiger partial charge on any atom is -0.311 e. The Hall–Kier alpha value is -9.68. The molecular formula is C81H64BN3Si. The van der Waals surface area contributed by atoms with Gasteiger partial charge in [0.05, 0.1) is 0 Å². The third-order valence-electron chi connectivity index (χ3n) is 20.0. The Kier molecular flexibility index (Phi) is 12.0. The summed E-state index contributed by atoms with van der Waals surface area (Å²) in [6.07, 6.45) is 5.55. The quantitative estimate of drug-likeness (QED) is 0.133. The highest BCUT2D eigenvalue weighted by atomic mass is 28.3. The average Bonchev–Trinajstić information content (AvgIpc) is 0.987. The molecule has 3 unspecified atom stereocenters. The summed E-state index contributed by atoms with van der Waals surface area (Å²) in [5, 5.41) is 3.05. The van der Waals surface area contributed by atoms with Gasteiger partial charge in [-0.05, 0) is 210 Å². The summed E-state index contributed by atoms with van der Waals surface area (Å²) >= 11 is 0. The number of fused-ring (bicyclic) bond motifs is 8. The van der Waals surface area contributed by atoms with Crippen LogP contribution in [0.2, 0.25) is 13.1 Å². The van der Waals surface area contributed by atoms with Gasteiger partial charge in [0.25, 0.3) is 6.71 Å². The van der Waals surface area contributed by atoms with E-state index in [1.807, 2.05) is 0 Å². The Morgan fingerprint density at radius 1 is 0.314 bits per heavy atom. The van der Waals surface area contributed by atoms with Crippen molar-refractivity contribution in [2.75, 3.05) is 14.7 Å². The maximum absolute atomic E-state index is 2.69. The van der Waals surface area contributed by atoms with Gasteiger partial charge in [-0.3, -0.25) is 0 Å². The molecule has 0 N–H and O–H groups in total. The molecule has 2 aliphatic carbocycles. The van der Waals surface area contributed by atoms with Gasteiger partial charge in [-0.1, -0.05) is 220 Å². The van der Waals surface area contributed by atoms with E-state index in [0.717, 1.165) is 23.2 Å². The molecule has 2 fully saturated rings. The summed E-state index contributed by atoms with van der Waals surface area (Å²) in [4.78, 5) is 7.83. The van der Waals surface area contributed by atoms with E-state index in [1.54, 1.807) is 10.8 Å². The fourth-order valence-corrected chi connectivity index (χ4v) is 19.0. The van der Waals surface area contributed by atoms with E-state index >= 15 is 0 Å². The largest absolute Gasteiger partial charge is 0.311 e. The van der Waals surface area contributed by atoms with E-state index in [-0.39, 0.29) is 6.71 Å². The van der Waals surface area contributed by atoms with Gasteiger partial charge in [-0.15, -0.1) is 0 Å². The van der Waals surface area contributed by atoms with E-state index < -0.39 is 8.07 Å². The summed E-state index contributed by atoms with van der Waals surface area (Å²) in [5.41, 5.74) is 28.0. The first-order valence-corrected chi connectivity index (χ1v) is 34.0. The topological polar surface area (TPSA) is 9.72 Å². The smallest absolute Gasteiger partial charge is 0.252 e. The van der Waals surface area contributed by atoms with Crippen LogP contribution in [0, 0.1) is 11.8 Å². The third kappa shape index (κ3) is 8.31. The molecule has 3 heterocycles. The van der Waals surface area contributed by atoms with Crippen molar-refractivity contribution in [3.05, 3.63) is 291 Å². The lowest BCUT2D eigenvalue weighted by atomic mass is 9.33. The van der Waals surface area contributed by atoms with Crippen molar-refractivity contribution in [2.45, 2.75) is 44.7 Å². The van der Waals surface area contributed by atoms with E-state index in [4.69, 9.17) is 0 Å². The van der Waals surface area contributed by atoms with Crippen LogP contribution in [-0.2, 0) is 0 Å². The van der Waals surface area contributed by atoms with Crippen LogP contribution in [0.15, 0.2) is 285 Å². The molecule has 17 rings (SSSR count). The predicted octanol–water partition coefficient (Wildman–Crippen LogP) is 18.6. The molecule has 0 radical (unpaired) electrons. The lowest BCUT2D eigenvalue weighted by Crippen LogP contribution is -2.61. The molecule has 3 nitrogen and oxygen atoms in total. The normalized spacial score (nSPS) is 17.3. The van der Waals surface area contributed by atoms with Crippen molar-refractivity contribution >= 4 is 92.7 Å². The third-order valence-corrected chi connectivity index (χ3v) is 23.6. The maximum atomic E-state index is 2.69. The highest BCUT2D eigenvalue weighted by Crippen LogP contribution is 2.54. The van der Waals surface area contributed by atoms with Gasteiger partial charge in [-0.2, -0.15) is 0 Å². The van der Waals surface area contributed by atoms with E-state index in [2.05, 4.69) is 313 Å². The fourth-order valence-electron chi connectivity index (χ4n) is 16.0. The number of anilines is 9. The van der Waals surface area contributed by atoms with Gasteiger partial charge in [0.2, 0.25) is 0 Å². The lowest BCUT2D eigenvalue weighted by molar-refractivity contribution is 0.420. The fraction of sp³-hybridized carbons (Fsp3) is 0.111. The summed E-state index contributed by atoms with van der Waals surface area (Å²) in [6, 6.07) is 108. The van der Waals surface area contributed by atoms with Gasteiger partial charge >= 0.3 is 0 Å². The van der Waals surface area contributed by atoms with Crippen molar-refractivity contribution in [3.63, 3.8) is 0 Å². The molecule has 0 amide bonds. The van der Waals surface area contributed by atoms with Gasteiger partial charge in [0, 0.05) is 51.2 Å². The Bertz CT molecular complexity index is 4490. The minimum absolute atomic E-state index is 0.120. The van der Waals surface area contributed by atoms with Gasteiger partial charge in [0.1, 0.15) is 8.07 Å². The van der Waals surface area contributed by atoms with E-state index in [1.165, 1.54) is 143 Å². The molecule has 0 spiro atoms. The van der Waals surface area contributed by atoms with Crippen molar-refractivity contribution in [2.24, 2.45) is 11.8 Å². The summed E-state index contributed by atoms with van der Waals surface area (Å²) in [7, 11) is -2.15. The number of nitrogens with zero attached hydrogens (tertiary/aromatic N) is 3. The highest BCUT2D eigenvalue weighted by molar-refractivity contribution is 7.03. The summed E-state index contributed by atoms with van der Waals surface area (Å²) < 4.78 is 0. The zero-order chi connectivity index (χ0) is 57.0. The molecule has 3 aliphatic heterocycles. The number of hydrogen-bond donors (Lipinski definition) is 0. The van der Waals surface area contributed by atoms with Crippen LogP contribution >= 0.6 is 0 Å². The van der Waals surface area contributed by atoms with E-state index in [9.17, 15) is 0 Å². The Morgan fingerprint density at radius 2 is 0.791 bits per heavy atom. The molecule has 12 aromatic rings. The molecular weight excluding hydrogens is 1050 g/mol. The van der Waals surface area contributed by atoms with E-state index in [0.29, 0.717) is 5.92 Å². The zero-order valence-electron chi connectivity index (χ0n) is 48.6. The van der Waals surface area contributed by atoms with Crippen LogP contribution in [0.1, 0.15) is 37.2 Å². The zero-order valence-corrected chi connectivity index (χ0v) is 49.6. The van der Waals surface area contributed by atoms with Crippen LogP contribution in [-0.4, -0.2) is 14.8 Å². The van der Waals surface area contributed by atoms with Crippen molar-refractivity contribution < 1.29 is 0 Å². The summed E-state index contributed by atoms with van der Waals surface area (Å²) in [6.45, 7) is 5.07. The summed E-state index contributed by atoms with van der Waals surface area (Å²) in [5.74, 6) is 2.38. The second kappa shape index (κ2) is 20.3. The molecule has 410 valence electrons. The minimum atomic E-state index is -2.15. The first kappa shape index (κ1) is 50.8. The maximum Gasteiger partial charge on any atom is 0.252 e. The van der Waals surface area contributed by atoms with Gasteiger partial charge < -0.3 is 14.7 Å². The first-order chi connectivity index (χ1) is 42.4. The molecule has 2 bridgehead atoms. The monoisotopic (exact) mass is 1120 g/mol. The molecule has 0 saturated heterocycles. The SMILES string of the molecule is C[Si]1(C)c2ccccc2N(c2ccc3c(c2)B2c4ccc(-c5ccccc5)cc4N(c4cc(-c5ccccc5)cc(-c5ccccc5)c4)c4cccc(c42)N3c2cc(-c3ccccc3)cc(-c3ccccc3)c2)c2ccc(C3CC4CCC3C4)cc21. The van der Waals surface area contributed by atoms with Crippen molar-refractivity contribution in [3.8, 4) is 55.6 Å². The van der Waals surface area contributed by atoms with Gasteiger partial charge in [-0.25, -0.2) is 0 Å². The van der Waals surface area contributed by atoms with Crippen molar-refractivity contribution in [1.82, 2.24) is 0 Å². The Morgan fingerprint density at radius 3 is 1.33 bits per heavy atom. The molecule has 12 aromatic carbocycles. The molecule has 5 aliphatic rings. The van der Waals surface area contributed by atoms with Crippen LogP contribution in [0.5, 0.6) is 0 Å². The van der Waals surface area contributed by atoms with Crippen LogP contribution in [0.4, 0.5) is 51.2 Å². The molecule has 0 aromatic heterocycles. The second-order valence-electron chi connectivity index (χ2n) is 25.2. The van der Waals surface area contributed by atoms with Gasteiger partial charge in [0.15, 0.2) is 0 Å². The average molecular weight is 1120 g/mol.